The van der Waals surface area contributed by atoms with Crippen molar-refractivity contribution >= 4 is 0 Å². The predicted octanol–water partition coefficient (Wildman–Crippen LogP) is 8.05. The molecule has 24 heavy (non-hydrogen) atoms. The second-order valence-corrected chi connectivity index (χ2v) is 7.98. The van der Waals surface area contributed by atoms with Gasteiger partial charge in [0, 0.05) is 0 Å². The number of unbranched alkanes of at least 4 members (excludes halogenated alkanes) is 12. The summed E-state index contributed by atoms with van der Waals surface area (Å²) in [5.41, 5.74) is 0. The van der Waals surface area contributed by atoms with Gasteiger partial charge in [-0.2, -0.15) is 0 Å². The molecule has 0 aliphatic heterocycles. The van der Waals surface area contributed by atoms with Gasteiger partial charge in [-0.05, 0) is 18.8 Å². The average molecular weight is 341 g/mol. The van der Waals surface area contributed by atoms with Crippen molar-refractivity contribution < 1.29 is 5.11 Å². The van der Waals surface area contributed by atoms with Crippen LogP contribution in [-0.4, -0.2) is 11.2 Å². The van der Waals surface area contributed by atoms with Gasteiger partial charge >= 0.3 is 0 Å². The first-order valence-corrected chi connectivity index (χ1v) is 11.4. The first-order valence-electron chi connectivity index (χ1n) is 11.4. The predicted molar refractivity (Wildman–Crippen MR) is 110 cm³/mol. The molecule has 0 spiro atoms. The summed E-state index contributed by atoms with van der Waals surface area (Å²) in [4.78, 5) is 0. The second-order valence-electron chi connectivity index (χ2n) is 7.98. The van der Waals surface area contributed by atoms with E-state index < -0.39 is 0 Å². The lowest BCUT2D eigenvalue weighted by Crippen LogP contribution is -2.13. The third-order valence-electron chi connectivity index (χ3n) is 5.51. The molecule has 0 rings (SSSR count). The summed E-state index contributed by atoms with van der Waals surface area (Å²) in [7, 11) is 0. The maximum atomic E-state index is 10.0. The molecule has 0 fully saturated rings. The Hall–Kier alpha value is -0.0400. The highest BCUT2D eigenvalue weighted by molar-refractivity contribution is 4.66. The Morgan fingerprint density at radius 3 is 1.29 bits per heavy atom. The van der Waals surface area contributed by atoms with Crippen LogP contribution in [0.25, 0.3) is 0 Å². The first kappa shape index (κ1) is 24.0. The highest BCUT2D eigenvalue weighted by Crippen LogP contribution is 2.24. The van der Waals surface area contributed by atoms with Crippen LogP contribution in [0.1, 0.15) is 136 Å². The van der Waals surface area contributed by atoms with Crippen LogP contribution in [0.4, 0.5) is 0 Å². The van der Waals surface area contributed by atoms with E-state index in [2.05, 4.69) is 20.8 Å². The Kier molecular flexibility index (Phi) is 19.3. The molecule has 0 aliphatic carbocycles. The van der Waals surface area contributed by atoms with E-state index in [1.165, 1.54) is 103 Å². The van der Waals surface area contributed by atoms with Crippen molar-refractivity contribution in [2.45, 2.75) is 142 Å². The van der Waals surface area contributed by atoms with Crippen LogP contribution in [0.3, 0.4) is 0 Å². The molecule has 1 N–H and O–H groups in total. The van der Waals surface area contributed by atoms with Gasteiger partial charge in [-0.25, -0.2) is 0 Å². The average Bonchev–Trinajstić information content (AvgIpc) is 2.59. The highest BCUT2D eigenvalue weighted by Gasteiger charge is 2.13. The van der Waals surface area contributed by atoms with E-state index in [0.717, 1.165) is 18.8 Å². The van der Waals surface area contributed by atoms with Gasteiger partial charge in [0.05, 0.1) is 6.10 Å². The van der Waals surface area contributed by atoms with Gasteiger partial charge in [-0.1, -0.05) is 124 Å². The molecular weight excluding hydrogens is 292 g/mol. The van der Waals surface area contributed by atoms with Gasteiger partial charge in [0.2, 0.25) is 0 Å². The van der Waals surface area contributed by atoms with E-state index in [-0.39, 0.29) is 6.10 Å². The summed E-state index contributed by atoms with van der Waals surface area (Å²) in [6.07, 6.45) is 24.2. The van der Waals surface area contributed by atoms with Crippen molar-refractivity contribution in [1.29, 1.82) is 0 Å². The fourth-order valence-corrected chi connectivity index (χ4v) is 3.71. The summed E-state index contributed by atoms with van der Waals surface area (Å²) in [5.74, 6) is 0.770. The SMILES string of the molecule is CCCCCCCCCCC(CCCCCCCC)CC(O)CC. The highest BCUT2D eigenvalue weighted by atomic mass is 16.3. The first-order chi connectivity index (χ1) is 11.7. The largest absolute Gasteiger partial charge is 0.393 e. The molecule has 1 heteroatoms. The summed E-state index contributed by atoms with van der Waals surface area (Å²) < 4.78 is 0. The Morgan fingerprint density at radius 2 is 0.917 bits per heavy atom. The number of rotatable bonds is 19. The normalized spacial score (nSPS) is 14.0. The van der Waals surface area contributed by atoms with Crippen LogP contribution in [0.2, 0.25) is 0 Å². The quantitative estimate of drug-likeness (QED) is 0.236. The standard InChI is InChI=1S/C23H48O/c1-4-7-9-11-13-14-16-18-20-22(21-23(24)6-3)19-17-15-12-10-8-5-2/h22-24H,4-21H2,1-3H3. The molecule has 0 aromatic rings. The van der Waals surface area contributed by atoms with Crippen LogP contribution in [0, 0.1) is 5.92 Å². The van der Waals surface area contributed by atoms with Crippen molar-refractivity contribution in [2.75, 3.05) is 0 Å². The van der Waals surface area contributed by atoms with Gasteiger partial charge in [0.1, 0.15) is 0 Å². The van der Waals surface area contributed by atoms with E-state index in [1.807, 2.05) is 0 Å². The molecule has 0 aromatic carbocycles. The Labute approximate surface area is 154 Å². The summed E-state index contributed by atoms with van der Waals surface area (Å²) in [6, 6.07) is 0. The number of aliphatic hydroxyl groups is 1. The number of aliphatic hydroxyl groups excluding tert-OH is 1. The number of hydrogen-bond donors (Lipinski definition) is 1. The lowest BCUT2D eigenvalue weighted by Gasteiger charge is -2.20. The van der Waals surface area contributed by atoms with E-state index in [1.54, 1.807) is 0 Å². The molecule has 0 aromatic heterocycles. The minimum Gasteiger partial charge on any atom is -0.393 e. The zero-order valence-electron chi connectivity index (χ0n) is 17.3. The second kappa shape index (κ2) is 19.3. The van der Waals surface area contributed by atoms with Crippen LogP contribution < -0.4 is 0 Å². The van der Waals surface area contributed by atoms with Gasteiger partial charge in [0.15, 0.2) is 0 Å². The minimum atomic E-state index is -0.0656. The molecule has 0 radical (unpaired) electrons. The van der Waals surface area contributed by atoms with Crippen molar-refractivity contribution in [3.05, 3.63) is 0 Å². The van der Waals surface area contributed by atoms with Crippen LogP contribution in [0.5, 0.6) is 0 Å². The molecule has 1 nitrogen and oxygen atoms in total. The molecule has 146 valence electrons. The summed E-state index contributed by atoms with van der Waals surface area (Å²) in [5, 5.41) is 10.0. The molecule has 0 saturated carbocycles. The van der Waals surface area contributed by atoms with E-state index in [4.69, 9.17) is 0 Å². The topological polar surface area (TPSA) is 20.2 Å². The van der Waals surface area contributed by atoms with Crippen LogP contribution in [-0.2, 0) is 0 Å². The maximum absolute atomic E-state index is 10.0. The third kappa shape index (κ3) is 16.8. The van der Waals surface area contributed by atoms with Crippen LogP contribution in [0.15, 0.2) is 0 Å². The Balaban J connectivity index is 3.71. The van der Waals surface area contributed by atoms with Gasteiger partial charge in [-0.3, -0.25) is 0 Å². The van der Waals surface area contributed by atoms with Crippen molar-refractivity contribution in [3.8, 4) is 0 Å². The molecule has 2 unspecified atom stereocenters. The summed E-state index contributed by atoms with van der Waals surface area (Å²) in [6.45, 7) is 6.68. The molecule has 0 amide bonds. The molecule has 0 aliphatic rings. The lowest BCUT2D eigenvalue weighted by molar-refractivity contribution is 0.131. The molecule has 0 bridgehead atoms. The Morgan fingerprint density at radius 1 is 0.542 bits per heavy atom. The monoisotopic (exact) mass is 340 g/mol. The Bertz CT molecular complexity index is 226. The van der Waals surface area contributed by atoms with Crippen LogP contribution >= 0.6 is 0 Å². The minimum absolute atomic E-state index is 0.0656. The van der Waals surface area contributed by atoms with E-state index in [9.17, 15) is 5.11 Å². The molecule has 0 heterocycles. The number of hydrogen-bond acceptors (Lipinski definition) is 1. The third-order valence-corrected chi connectivity index (χ3v) is 5.51. The smallest absolute Gasteiger partial charge is 0.0540 e. The fourth-order valence-electron chi connectivity index (χ4n) is 3.71. The van der Waals surface area contributed by atoms with E-state index in [0.29, 0.717) is 0 Å². The summed E-state index contributed by atoms with van der Waals surface area (Å²) >= 11 is 0. The lowest BCUT2D eigenvalue weighted by atomic mass is 9.89. The van der Waals surface area contributed by atoms with Gasteiger partial charge < -0.3 is 5.11 Å². The van der Waals surface area contributed by atoms with Crippen molar-refractivity contribution in [1.82, 2.24) is 0 Å². The zero-order chi connectivity index (χ0) is 17.9. The molecule has 0 saturated heterocycles. The van der Waals surface area contributed by atoms with Gasteiger partial charge in [-0.15, -0.1) is 0 Å². The van der Waals surface area contributed by atoms with Gasteiger partial charge in [0.25, 0.3) is 0 Å². The fraction of sp³-hybridized carbons (Fsp3) is 1.00. The van der Waals surface area contributed by atoms with Crippen molar-refractivity contribution in [3.63, 3.8) is 0 Å². The van der Waals surface area contributed by atoms with E-state index >= 15 is 0 Å². The van der Waals surface area contributed by atoms with Crippen molar-refractivity contribution in [2.24, 2.45) is 5.92 Å². The molecular formula is C23H48O. The molecule has 2 atom stereocenters. The zero-order valence-corrected chi connectivity index (χ0v) is 17.3. The maximum Gasteiger partial charge on any atom is 0.0540 e.